The second-order valence-corrected chi connectivity index (χ2v) is 11.1. The summed E-state index contributed by atoms with van der Waals surface area (Å²) in [6, 6.07) is 10.6. The van der Waals surface area contributed by atoms with Crippen LogP contribution in [0.15, 0.2) is 42.5 Å². The van der Waals surface area contributed by atoms with Crippen LogP contribution < -0.4 is 0 Å². The second kappa shape index (κ2) is 10.1. The van der Waals surface area contributed by atoms with Crippen molar-refractivity contribution in [3.05, 3.63) is 70.8 Å². The molecule has 9 heteroatoms. The van der Waals surface area contributed by atoms with Gasteiger partial charge in [-0.15, -0.1) is 0 Å². The highest BCUT2D eigenvalue weighted by atomic mass is 32.2. The maximum absolute atomic E-state index is 15.0. The Labute approximate surface area is 193 Å². The largest absolute Gasteiger partial charge is 0.394 e. The minimum atomic E-state index is -3.79. The minimum absolute atomic E-state index is 0.0634. The summed E-state index contributed by atoms with van der Waals surface area (Å²) in [6.07, 6.45) is -0.0696. The molecule has 0 saturated carbocycles. The Kier molecular flexibility index (Phi) is 7.91. The summed E-state index contributed by atoms with van der Waals surface area (Å²) in [5, 5.41) is 17.7. The predicted molar refractivity (Wildman–Crippen MR) is 121 cm³/mol. The van der Waals surface area contributed by atoms with E-state index in [0.717, 1.165) is 12.1 Å². The number of nitrogens with zero attached hydrogens (tertiary/aromatic N) is 1. The zero-order chi connectivity index (χ0) is 24.4. The Balaban J connectivity index is 1.87. The van der Waals surface area contributed by atoms with Gasteiger partial charge in [0.15, 0.2) is 0 Å². The summed E-state index contributed by atoms with van der Waals surface area (Å²) in [5.41, 5.74) is -0.722. The van der Waals surface area contributed by atoms with Crippen molar-refractivity contribution >= 4 is 10.0 Å². The lowest BCUT2D eigenvalue weighted by Crippen LogP contribution is -2.44. The van der Waals surface area contributed by atoms with E-state index in [2.05, 4.69) is 0 Å². The molecule has 1 aliphatic rings. The number of benzene rings is 2. The standard InChI is InChI=1S/C24H31F2NO5S/c1-16-9-10-23(17-7-5-4-6-8-17)33(30,31)27(16)13-18-11-22(26)20(12-21(18)25)24(2,3)32-15-19(29)14-28/h4-8,11-12,16,19,23,28-29H,9-10,13-15H2,1-3H3/t16-,19?,23+/m0/s1. The van der Waals surface area contributed by atoms with Crippen LogP contribution in [0.1, 0.15) is 55.6 Å². The first kappa shape index (κ1) is 25.7. The van der Waals surface area contributed by atoms with Crippen LogP contribution in [0.5, 0.6) is 0 Å². The molecule has 0 amide bonds. The lowest BCUT2D eigenvalue weighted by atomic mass is 9.95. The zero-order valence-electron chi connectivity index (χ0n) is 19.0. The first-order valence-corrected chi connectivity index (χ1v) is 12.4. The molecule has 1 saturated heterocycles. The highest BCUT2D eigenvalue weighted by Gasteiger charge is 2.41. The molecule has 0 bridgehead atoms. The lowest BCUT2D eigenvalue weighted by Gasteiger charge is -2.37. The molecule has 182 valence electrons. The molecular formula is C24H31F2NO5S. The van der Waals surface area contributed by atoms with Crippen LogP contribution in [0.25, 0.3) is 0 Å². The summed E-state index contributed by atoms with van der Waals surface area (Å²) in [7, 11) is -3.79. The van der Waals surface area contributed by atoms with E-state index in [1.807, 2.05) is 6.07 Å². The molecular weight excluding hydrogens is 452 g/mol. The topological polar surface area (TPSA) is 87.1 Å². The highest BCUT2D eigenvalue weighted by molar-refractivity contribution is 7.89. The fourth-order valence-corrected chi connectivity index (χ4v) is 6.31. The van der Waals surface area contributed by atoms with E-state index in [0.29, 0.717) is 18.4 Å². The van der Waals surface area contributed by atoms with Crippen molar-refractivity contribution in [1.82, 2.24) is 4.31 Å². The Hall–Kier alpha value is -1.91. The van der Waals surface area contributed by atoms with E-state index in [4.69, 9.17) is 9.84 Å². The second-order valence-electron chi connectivity index (χ2n) is 9.00. The van der Waals surface area contributed by atoms with Gasteiger partial charge in [0.1, 0.15) is 23.0 Å². The minimum Gasteiger partial charge on any atom is -0.394 e. The summed E-state index contributed by atoms with van der Waals surface area (Å²) >= 11 is 0. The third-order valence-corrected chi connectivity index (χ3v) is 8.52. The molecule has 0 spiro atoms. The normalized spacial score (nSPS) is 22.3. The van der Waals surface area contributed by atoms with Crippen molar-refractivity contribution in [3.63, 3.8) is 0 Å². The first-order chi connectivity index (χ1) is 15.5. The third-order valence-electron chi connectivity index (χ3n) is 6.15. The van der Waals surface area contributed by atoms with Gasteiger partial charge >= 0.3 is 0 Å². The Morgan fingerprint density at radius 1 is 1.15 bits per heavy atom. The van der Waals surface area contributed by atoms with Gasteiger partial charge in [0, 0.05) is 23.7 Å². The lowest BCUT2D eigenvalue weighted by molar-refractivity contribution is -0.0756. The number of rotatable bonds is 8. The molecule has 3 atom stereocenters. The first-order valence-electron chi connectivity index (χ1n) is 10.9. The fourth-order valence-electron chi connectivity index (χ4n) is 4.13. The third kappa shape index (κ3) is 5.60. The maximum atomic E-state index is 15.0. The van der Waals surface area contributed by atoms with Crippen molar-refractivity contribution < 1.29 is 32.1 Å². The number of aliphatic hydroxyl groups is 2. The van der Waals surface area contributed by atoms with Crippen molar-refractivity contribution in [2.24, 2.45) is 0 Å². The average Bonchev–Trinajstić information content (AvgIpc) is 2.77. The molecule has 1 heterocycles. The quantitative estimate of drug-likeness (QED) is 0.599. The van der Waals surface area contributed by atoms with E-state index in [9.17, 15) is 17.9 Å². The van der Waals surface area contributed by atoms with Crippen molar-refractivity contribution in [2.45, 2.75) is 63.2 Å². The molecule has 3 rings (SSSR count). The smallest absolute Gasteiger partial charge is 0.221 e. The zero-order valence-corrected chi connectivity index (χ0v) is 19.9. The van der Waals surface area contributed by atoms with Gasteiger partial charge in [-0.05, 0) is 51.3 Å². The Morgan fingerprint density at radius 3 is 2.45 bits per heavy atom. The van der Waals surface area contributed by atoms with E-state index in [-0.39, 0.29) is 30.3 Å². The van der Waals surface area contributed by atoms with Gasteiger partial charge in [0.05, 0.1) is 18.8 Å². The van der Waals surface area contributed by atoms with Crippen molar-refractivity contribution in [3.8, 4) is 0 Å². The predicted octanol–water partition coefficient (Wildman–Crippen LogP) is 3.63. The molecule has 1 fully saturated rings. The molecule has 1 aliphatic heterocycles. The number of hydrogen-bond acceptors (Lipinski definition) is 5. The van der Waals surface area contributed by atoms with Crippen LogP contribution in [0.3, 0.4) is 0 Å². The number of sulfonamides is 1. The van der Waals surface area contributed by atoms with Gasteiger partial charge < -0.3 is 14.9 Å². The van der Waals surface area contributed by atoms with Crippen LogP contribution in [-0.4, -0.2) is 48.3 Å². The molecule has 6 nitrogen and oxygen atoms in total. The highest BCUT2D eigenvalue weighted by Crippen LogP contribution is 2.38. The van der Waals surface area contributed by atoms with Gasteiger partial charge in [-0.3, -0.25) is 0 Å². The van der Waals surface area contributed by atoms with E-state index >= 15 is 4.39 Å². The molecule has 0 radical (unpaired) electrons. The molecule has 0 aromatic heterocycles. The number of ether oxygens (including phenoxy) is 1. The van der Waals surface area contributed by atoms with E-state index < -0.39 is 45.2 Å². The van der Waals surface area contributed by atoms with Crippen LogP contribution in [0.4, 0.5) is 8.78 Å². The molecule has 2 aromatic rings. The maximum Gasteiger partial charge on any atom is 0.221 e. The number of aliphatic hydroxyl groups excluding tert-OH is 2. The molecule has 0 aliphatic carbocycles. The summed E-state index contributed by atoms with van der Waals surface area (Å²) in [6.45, 7) is 3.77. The van der Waals surface area contributed by atoms with Gasteiger partial charge in [0.2, 0.25) is 10.0 Å². The van der Waals surface area contributed by atoms with Gasteiger partial charge in [-0.25, -0.2) is 17.2 Å². The number of halogens is 2. The van der Waals surface area contributed by atoms with Crippen LogP contribution in [0.2, 0.25) is 0 Å². The summed E-state index contributed by atoms with van der Waals surface area (Å²) in [4.78, 5) is 0. The molecule has 2 aromatic carbocycles. The summed E-state index contributed by atoms with van der Waals surface area (Å²) in [5.74, 6) is -1.48. The van der Waals surface area contributed by atoms with Crippen molar-refractivity contribution in [1.29, 1.82) is 0 Å². The average molecular weight is 484 g/mol. The Bertz CT molecular complexity index is 1060. The number of hydrogen-bond donors (Lipinski definition) is 2. The molecule has 1 unspecified atom stereocenters. The van der Waals surface area contributed by atoms with Gasteiger partial charge in [-0.2, -0.15) is 4.31 Å². The van der Waals surface area contributed by atoms with E-state index in [1.165, 1.54) is 18.2 Å². The van der Waals surface area contributed by atoms with Gasteiger partial charge in [0.25, 0.3) is 0 Å². The molecule has 33 heavy (non-hydrogen) atoms. The monoisotopic (exact) mass is 483 g/mol. The van der Waals surface area contributed by atoms with Crippen molar-refractivity contribution in [2.75, 3.05) is 13.2 Å². The molecule has 2 N–H and O–H groups in total. The van der Waals surface area contributed by atoms with E-state index in [1.54, 1.807) is 31.2 Å². The van der Waals surface area contributed by atoms with Crippen LogP contribution in [-0.2, 0) is 26.9 Å². The Morgan fingerprint density at radius 2 is 1.82 bits per heavy atom. The van der Waals surface area contributed by atoms with Gasteiger partial charge in [-0.1, -0.05) is 30.3 Å². The SMILES string of the molecule is C[C@H]1CC[C@H](c2ccccc2)S(=O)(=O)N1Cc1cc(F)c(C(C)(C)OCC(O)CO)cc1F. The van der Waals surface area contributed by atoms with Crippen LogP contribution >= 0.6 is 0 Å². The fraction of sp³-hybridized carbons (Fsp3) is 0.500. The van der Waals surface area contributed by atoms with Crippen LogP contribution in [0, 0.1) is 11.6 Å². The summed E-state index contributed by atoms with van der Waals surface area (Å²) < 4.78 is 63.5.